The highest BCUT2D eigenvalue weighted by molar-refractivity contribution is 7.98. The molecule has 11 N–H and O–H groups in total. The smallest absolute Gasteiger partial charge is 0.326 e. The number of carboxylic acid groups (broad SMARTS) is 1. The van der Waals surface area contributed by atoms with Crippen LogP contribution >= 0.6 is 11.8 Å². The van der Waals surface area contributed by atoms with Crippen molar-refractivity contribution in [3.8, 4) is 0 Å². The molecule has 0 aliphatic heterocycles. The zero-order chi connectivity index (χ0) is 28.9. The number of guanidine groups is 1. The maximum Gasteiger partial charge on any atom is 0.326 e. The van der Waals surface area contributed by atoms with E-state index in [1.54, 1.807) is 18.0 Å². The minimum absolute atomic E-state index is 0.0890. The van der Waals surface area contributed by atoms with Gasteiger partial charge in [-0.25, -0.2) is 4.79 Å². The first kappa shape index (κ1) is 31.4. The van der Waals surface area contributed by atoms with Crippen LogP contribution in [-0.4, -0.2) is 82.5 Å². The predicted octanol–water partition coefficient (Wildman–Crippen LogP) is -0.597. The molecule has 0 aliphatic carbocycles. The number of H-pyrrole nitrogens is 1. The second kappa shape index (κ2) is 15.6. The number of aromatic amines is 1. The minimum atomic E-state index is -1.23. The number of hydrogen-bond acceptors (Lipinski definition) is 7. The Morgan fingerprint density at radius 2 is 1.72 bits per heavy atom. The van der Waals surface area contributed by atoms with Crippen LogP contribution in [0, 0.1) is 0 Å². The van der Waals surface area contributed by atoms with E-state index in [1.165, 1.54) is 6.92 Å². The number of carboxylic acids is 1. The molecule has 0 saturated heterocycles. The van der Waals surface area contributed by atoms with Crippen molar-refractivity contribution in [3.63, 3.8) is 0 Å². The highest BCUT2D eigenvalue weighted by Crippen LogP contribution is 2.19. The Labute approximate surface area is 231 Å². The van der Waals surface area contributed by atoms with Gasteiger partial charge in [-0.3, -0.25) is 19.4 Å². The molecule has 39 heavy (non-hydrogen) atoms. The SMILES string of the molecule is CSCCC(N)C(=O)NC(Cc1c[nH]c2ccccc12)C(=O)NC(C)C(=O)NC(CCCN=C(N)N)C(=O)O. The van der Waals surface area contributed by atoms with Crippen LogP contribution in [0.2, 0.25) is 0 Å². The van der Waals surface area contributed by atoms with E-state index in [0.717, 1.165) is 16.5 Å². The van der Waals surface area contributed by atoms with Crippen molar-refractivity contribution in [1.82, 2.24) is 20.9 Å². The Bertz CT molecular complexity index is 1170. The molecule has 0 aliphatic rings. The lowest BCUT2D eigenvalue weighted by atomic mass is 10.0. The Kier molecular flexibility index (Phi) is 12.6. The van der Waals surface area contributed by atoms with Gasteiger partial charge in [-0.2, -0.15) is 11.8 Å². The van der Waals surface area contributed by atoms with Gasteiger partial charge in [-0.1, -0.05) is 18.2 Å². The number of nitrogens with two attached hydrogens (primary N) is 3. The van der Waals surface area contributed by atoms with Crippen LogP contribution in [0.5, 0.6) is 0 Å². The molecule has 0 fully saturated rings. The zero-order valence-corrected chi connectivity index (χ0v) is 22.9. The average Bonchev–Trinajstić information content (AvgIpc) is 3.30. The maximum atomic E-state index is 13.3. The third-order valence-electron chi connectivity index (χ3n) is 6.01. The van der Waals surface area contributed by atoms with Crippen molar-refractivity contribution in [2.24, 2.45) is 22.2 Å². The van der Waals surface area contributed by atoms with Crippen molar-refractivity contribution in [2.45, 2.75) is 56.8 Å². The molecule has 1 heterocycles. The van der Waals surface area contributed by atoms with E-state index in [2.05, 4.69) is 25.9 Å². The summed E-state index contributed by atoms with van der Waals surface area (Å²) in [6.45, 7) is 1.64. The number of aliphatic imine (C=N–C) groups is 1. The fraction of sp³-hybridized carbons (Fsp3) is 0.480. The van der Waals surface area contributed by atoms with Crippen LogP contribution in [0.1, 0.15) is 31.7 Å². The number of nitrogens with zero attached hydrogens (tertiary/aromatic N) is 1. The minimum Gasteiger partial charge on any atom is -0.480 e. The molecule has 214 valence electrons. The Morgan fingerprint density at radius 1 is 1.03 bits per heavy atom. The van der Waals surface area contributed by atoms with E-state index < -0.39 is 47.9 Å². The first-order valence-electron chi connectivity index (χ1n) is 12.5. The second-order valence-electron chi connectivity index (χ2n) is 9.09. The Hall–Kier alpha value is -3.78. The molecule has 4 unspecified atom stereocenters. The number of nitrogens with one attached hydrogen (secondary N) is 4. The van der Waals surface area contributed by atoms with Crippen LogP contribution < -0.4 is 33.2 Å². The molecule has 0 saturated carbocycles. The maximum absolute atomic E-state index is 13.3. The number of aromatic nitrogens is 1. The lowest BCUT2D eigenvalue weighted by Gasteiger charge is -2.23. The fourth-order valence-corrected chi connectivity index (χ4v) is 4.31. The normalized spacial score (nSPS) is 14.0. The van der Waals surface area contributed by atoms with Crippen molar-refractivity contribution < 1.29 is 24.3 Å². The van der Waals surface area contributed by atoms with Gasteiger partial charge < -0.3 is 43.2 Å². The lowest BCUT2D eigenvalue weighted by Crippen LogP contribution is -2.56. The van der Waals surface area contributed by atoms with Gasteiger partial charge in [0.2, 0.25) is 17.7 Å². The van der Waals surface area contributed by atoms with E-state index in [1.807, 2.05) is 30.5 Å². The molecule has 1 aromatic carbocycles. The zero-order valence-electron chi connectivity index (χ0n) is 22.1. The van der Waals surface area contributed by atoms with Crippen molar-refractivity contribution in [2.75, 3.05) is 18.6 Å². The van der Waals surface area contributed by atoms with E-state index in [4.69, 9.17) is 17.2 Å². The Morgan fingerprint density at radius 3 is 2.38 bits per heavy atom. The van der Waals surface area contributed by atoms with Gasteiger partial charge in [-0.15, -0.1) is 0 Å². The van der Waals surface area contributed by atoms with E-state index >= 15 is 0 Å². The van der Waals surface area contributed by atoms with Crippen molar-refractivity contribution in [3.05, 3.63) is 36.0 Å². The second-order valence-corrected chi connectivity index (χ2v) is 10.1. The summed E-state index contributed by atoms with van der Waals surface area (Å²) in [4.78, 5) is 57.3. The molecule has 2 rings (SSSR count). The number of rotatable bonds is 16. The number of benzene rings is 1. The lowest BCUT2D eigenvalue weighted by molar-refractivity contribution is -0.142. The monoisotopic (exact) mass is 562 g/mol. The molecule has 3 amide bonds. The van der Waals surface area contributed by atoms with Gasteiger partial charge in [0.25, 0.3) is 0 Å². The first-order chi connectivity index (χ1) is 18.5. The molecule has 0 bridgehead atoms. The molecule has 2 aromatic rings. The van der Waals surface area contributed by atoms with E-state index in [0.29, 0.717) is 18.6 Å². The predicted molar refractivity (Wildman–Crippen MR) is 152 cm³/mol. The van der Waals surface area contributed by atoms with Gasteiger partial charge in [0.1, 0.15) is 18.1 Å². The molecule has 0 spiro atoms. The number of aliphatic carboxylic acids is 1. The summed E-state index contributed by atoms with van der Waals surface area (Å²) in [7, 11) is 0. The first-order valence-corrected chi connectivity index (χ1v) is 13.9. The average molecular weight is 563 g/mol. The molecular formula is C25H38N8O5S. The summed E-state index contributed by atoms with van der Waals surface area (Å²) in [6, 6.07) is 3.45. The Balaban J connectivity index is 2.11. The van der Waals surface area contributed by atoms with Crippen LogP contribution in [0.4, 0.5) is 0 Å². The number of amides is 3. The summed E-state index contributed by atoms with van der Waals surface area (Å²) < 4.78 is 0. The van der Waals surface area contributed by atoms with Crippen LogP contribution in [0.3, 0.4) is 0 Å². The summed E-state index contributed by atoms with van der Waals surface area (Å²) in [5.41, 5.74) is 18.2. The third-order valence-corrected chi connectivity index (χ3v) is 6.66. The largest absolute Gasteiger partial charge is 0.480 e. The third kappa shape index (κ3) is 10.1. The molecular weight excluding hydrogens is 524 g/mol. The van der Waals surface area contributed by atoms with Gasteiger partial charge in [0, 0.05) is 30.1 Å². The number of carbonyl (C=O) groups is 4. The number of para-hydroxylation sites is 1. The van der Waals surface area contributed by atoms with Gasteiger partial charge >= 0.3 is 5.97 Å². The van der Waals surface area contributed by atoms with Crippen LogP contribution in [0.25, 0.3) is 10.9 Å². The fourth-order valence-electron chi connectivity index (χ4n) is 3.82. The van der Waals surface area contributed by atoms with Crippen molar-refractivity contribution in [1.29, 1.82) is 0 Å². The van der Waals surface area contributed by atoms with Gasteiger partial charge in [0.15, 0.2) is 5.96 Å². The standard InChI is InChI=1S/C25H38N8O5S/c1-14(21(34)32-19(24(37)38)8-5-10-29-25(27)28)31-23(36)20(33-22(35)17(26)9-11-39-2)12-15-13-30-18-7-4-3-6-16(15)18/h3-4,6-7,13-14,17,19-20,30H,5,8-12,26H2,1-2H3,(H,31,36)(H,32,34)(H,33,35)(H,37,38)(H4,27,28,29). The molecule has 14 heteroatoms. The highest BCUT2D eigenvalue weighted by Gasteiger charge is 2.29. The van der Waals surface area contributed by atoms with Crippen LogP contribution in [-0.2, 0) is 25.6 Å². The van der Waals surface area contributed by atoms with Gasteiger partial charge in [-0.05, 0) is 49.8 Å². The molecule has 1 aromatic heterocycles. The highest BCUT2D eigenvalue weighted by atomic mass is 32.2. The summed E-state index contributed by atoms with van der Waals surface area (Å²) >= 11 is 1.56. The van der Waals surface area contributed by atoms with Crippen LogP contribution in [0.15, 0.2) is 35.5 Å². The topological polar surface area (TPSA) is 231 Å². The van der Waals surface area contributed by atoms with Gasteiger partial charge in [0.05, 0.1) is 6.04 Å². The number of hydrogen-bond donors (Lipinski definition) is 8. The summed E-state index contributed by atoms with van der Waals surface area (Å²) in [5, 5.41) is 18.1. The molecule has 4 atom stereocenters. The number of fused-ring (bicyclic) bond motifs is 1. The number of carbonyl (C=O) groups excluding carboxylic acids is 3. The summed E-state index contributed by atoms with van der Waals surface area (Å²) in [6.07, 6.45) is 4.67. The van der Waals surface area contributed by atoms with E-state index in [-0.39, 0.29) is 25.3 Å². The van der Waals surface area contributed by atoms with E-state index in [9.17, 15) is 24.3 Å². The summed E-state index contributed by atoms with van der Waals surface area (Å²) in [5.74, 6) is -2.42. The molecule has 13 nitrogen and oxygen atoms in total. The quantitative estimate of drug-likeness (QED) is 0.0740. The number of thioether (sulfide) groups is 1. The molecule has 0 radical (unpaired) electrons. The van der Waals surface area contributed by atoms with Crippen molar-refractivity contribution >= 4 is 52.3 Å².